The van der Waals surface area contributed by atoms with E-state index < -0.39 is 0 Å². The fourth-order valence-electron chi connectivity index (χ4n) is 2.99. The molecule has 124 valence electrons. The maximum atomic E-state index is 12.7. The molecule has 1 atom stereocenters. The minimum atomic E-state index is -0.244. The molecule has 7 heteroatoms. The summed E-state index contributed by atoms with van der Waals surface area (Å²) in [5.74, 6) is 1.21. The zero-order valence-electron chi connectivity index (χ0n) is 13.8. The van der Waals surface area contributed by atoms with Gasteiger partial charge in [0.25, 0.3) is 0 Å². The van der Waals surface area contributed by atoms with Crippen LogP contribution in [0.2, 0.25) is 0 Å². The lowest BCUT2D eigenvalue weighted by Gasteiger charge is -2.24. The van der Waals surface area contributed by atoms with E-state index in [4.69, 9.17) is 0 Å². The van der Waals surface area contributed by atoms with Crippen LogP contribution < -0.4 is 0 Å². The van der Waals surface area contributed by atoms with Crippen molar-refractivity contribution in [2.24, 2.45) is 7.05 Å². The average Bonchev–Trinajstić information content (AvgIpc) is 3.15. The Balaban J connectivity index is 1.58. The van der Waals surface area contributed by atoms with Gasteiger partial charge in [-0.15, -0.1) is 0 Å². The molecule has 1 unspecified atom stereocenters. The minimum absolute atomic E-state index is 0.146. The predicted molar refractivity (Wildman–Crippen MR) is 86.6 cm³/mol. The van der Waals surface area contributed by atoms with Crippen molar-refractivity contribution in [3.05, 3.63) is 36.7 Å². The molecule has 0 N–H and O–H groups in total. The number of hydrogen-bond acceptors (Lipinski definition) is 4. The molecular formula is C16H24N6O. The van der Waals surface area contributed by atoms with Gasteiger partial charge in [0.2, 0.25) is 5.91 Å². The van der Waals surface area contributed by atoms with Gasteiger partial charge in [0.15, 0.2) is 0 Å². The summed E-state index contributed by atoms with van der Waals surface area (Å²) < 4.78 is 3.77. The molecule has 1 aliphatic rings. The molecule has 0 aromatic carbocycles. The van der Waals surface area contributed by atoms with E-state index in [9.17, 15) is 4.79 Å². The second-order valence-electron chi connectivity index (χ2n) is 6.07. The van der Waals surface area contributed by atoms with Gasteiger partial charge < -0.3 is 9.47 Å². The molecule has 0 spiro atoms. The number of carbonyl (C=O) groups is 1. The van der Waals surface area contributed by atoms with Gasteiger partial charge in [-0.2, -0.15) is 5.10 Å². The molecule has 0 aliphatic carbocycles. The summed E-state index contributed by atoms with van der Waals surface area (Å²) in [6.07, 6.45) is 8.33. The maximum Gasteiger partial charge on any atom is 0.247 e. The van der Waals surface area contributed by atoms with Crippen LogP contribution in [-0.4, -0.2) is 61.2 Å². The number of aryl methyl sites for hydroxylation is 1. The fourth-order valence-corrected chi connectivity index (χ4v) is 2.99. The van der Waals surface area contributed by atoms with E-state index in [1.165, 1.54) is 0 Å². The Kier molecular flexibility index (Phi) is 4.76. The first-order valence-corrected chi connectivity index (χ1v) is 8.11. The number of imidazole rings is 1. The summed E-state index contributed by atoms with van der Waals surface area (Å²) in [7, 11) is 2.02. The zero-order chi connectivity index (χ0) is 16.2. The van der Waals surface area contributed by atoms with Gasteiger partial charge >= 0.3 is 0 Å². The third kappa shape index (κ3) is 3.61. The normalized spacial score (nSPS) is 17.9. The molecule has 7 nitrogen and oxygen atoms in total. The number of carbonyl (C=O) groups excluding carboxylic acids is 1. The lowest BCUT2D eigenvalue weighted by atomic mass is 10.2. The van der Waals surface area contributed by atoms with Gasteiger partial charge in [-0.1, -0.05) is 0 Å². The molecule has 0 radical (unpaired) electrons. The molecule has 1 amide bonds. The Bertz CT molecular complexity index is 635. The van der Waals surface area contributed by atoms with E-state index in [-0.39, 0.29) is 11.9 Å². The third-order valence-corrected chi connectivity index (χ3v) is 4.47. The van der Waals surface area contributed by atoms with Gasteiger partial charge in [-0.25, -0.2) is 4.98 Å². The Hall–Kier alpha value is -2.15. The zero-order valence-corrected chi connectivity index (χ0v) is 13.8. The summed E-state index contributed by atoms with van der Waals surface area (Å²) in [5, 5.41) is 4.18. The Morgan fingerprint density at radius 3 is 2.78 bits per heavy atom. The van der Waals surface area contributed by atoms with E-state index in [1.54, 1.807) is 10.9 Å². The van der Waals surface area contributed by atoms with Crippen LogP contribution in [0, 0.1) is 0 Å². The van der Waals surface area contributed by atoms with Crippen molar-refractivity contribution in [3.8, 4) is 0 Å². The summed E-state index contributed by atoms with van der Waals surface area (Å²) in [6, 6.07) is 1.60. The van der Waals surface area contributed by atoms with E-state index in [0.717, 1.165) is 45.0 Å². The smallest absolute Gasteiger partial charge is 0.247 e. The van der Waals surface area contributed by atoms with Gasteiger partial charge in [0.05, 0.1) is 6.54 Å². The lowest BCUT2D eigenvalue weighted by Crippen LogP contribution is -2.39. The van der Waals surface area contributed by atoms with Crippen LogP contribution in [0.1, 0.15) is 25.2 Å². The Labute approximate surface area is 136 Å². The van der Waals surface area contributed by atoms with Crippen LogP contribution in [0.5, 0.6) is 0 Å². The molecule has 3 rings (SSSR count). The Morgan fingerprint density at radius 1 is 1.22 bits per heavy atom. The second-order valence-corrected chi connectivity index (χ2v) is 6.07. The van der Waals surface area contributed by atoms with E-state index in [1.807, 2.05) is 48.1 Å². The second kappa shape index (κ2) is 6.95. The Morgan fingerprint density at radius 2 is 2.09 bits per heavy atom. The van der Waals surface area contributed by atoms with Gasteiger partial charge in [0, 0.05) is 58.0 Å². The van der Waals surface area contributed by atoms with Gasteiger partial charge in [0.1, 0.15) is 11.9 Å². The molecule has 1 saturated heterocycles. The number of rotatable bonds is 4. The van der Waals surface area contributed by atoms with Gasteiger partial charge in [-0.05, 0) is 19.4 Å². The first kappa shape index (κ1) is 15.7. The summed E-state index contributed by atoms with van der Waals surface area (Å²) in [5.41, 5.74) is 0. The molecule has 2 aromatic rings. The van der Waals surface area contributed by atoms with Crippen molar-refractivity contribution in [2.45, 2.75) is 25.9 Å². The predicted octanol–water partition coefficient (Wildman–Crippen LogP) is 0.912. The minimum Gasteiger partial charge on any atom is -0.340 e. The monoisotopic (exact) mass is 316 g/mol. The quantitative estimate of drug-likeness (QED) is 0.841. The first-order valence-electron chi connectivity index (χ1n) is 8.11. The highest BCUT2D eigenvalue weighted by Gasteiger charge is 2.24. The van der Waals surface area contributed by atoms with Crippen molar-refractivity contribution in [1.29, 1.82) is 0 Å². The number of nitrogens with zero attached hydrogens (tertiary/aromatic N) is 6. The van der Waals surface area contributed by atoms with Gasteiger partial charge in [-0.3, -0.25) is 14.4 Å². The van der Waals surface area contributed by atoms with E-state index in [0.29, 0.717) is 0 Å². The van der Waals surface area contributed by atoms with Crippen molar-refractivity contribution in [1.82, 2.24) is 29.1 Å². The van der Waals surface area contributed by atoms with Crippen LogP contribution >= 0.6 is 0 Å². The highest BCUT2D eigenvalue weighted by atomic mass is 16.2. The van der Waals surface area contributed by atoms with Crippen molar-refractivity contribution in [2.75, 3.05) is 26.2 Å². The van der Waals surface area contributed by atoms with E-state index >= 15 is 0 Å². The molecule has 1 fully saturated rings. The highest BCUT2D eigenvalue weighted by molar-refractivity contribution is 5.80. The summed E-state index contributed by atoms with van der Waals surface area (Å²) in [6.45, 7) is 6.18. The molecule has 0 saturated carbocycles. The van der Waals surface area contributed by atoms with Crippen molar-refractivity contribution in [3.63, 3.8) is 0 Å². The van der Waals surface area contributed by atoms with Crippen LogP contribution in [0.25, 0.3) is 0 Å². The number of amides is 1. The van der Waals surface area contributed by atoms with E-state index in [2.05, 4.69) is 15.0 Å². The van der Waals surface area contributed by atoms with Crippen LogP contribution in [0.4, 0.5) is 0 Å². The van der Waals surface area contributed by atoms with Crippen LogP contribution in [-0.2, 0) is 18.4 Å². The molecule has 23 heavy (non-hydrogen) atoms. The standard InChI is InChI=1S/C16H24N6O/c1-14(22-9-3-5-18-22)16(23)21-8-4-7-20(11-12-21)13-15-17-6-10-19(15)2/h3,5-6,9-10,14H,4,7-8,11-13H2,1-2H3. The first-order chi connectivity index (χ1) is 11.1. The van der Waals surface area contributed by atoms with Crippen LogP contribution in [0.3, 0.4) is 0 Å². The number of hydrogen-bond donors (Lipinski definition) is 0. The molecular weight excluding hydrogens is 292 g/mol. The van der Waals surface area contributed by atoms with Crippen molar-refractivity contribution >= 4 is 5.91 Å². The molecule has 0 bridgehead atoms. The lowest BCUT2D eigenvalue weighted by molar-refractivity contribution is -0.134. The molecule has 2 aromatic heterocycles. The summed E-state index contributed by atoms with van der Waals surface area (Å²) >= 11 is 0. The third-order valence-electron chi connectivity index (χ3n) is 4.47. The molecule has 3 heterocycles. The molecule has 1 aliphatic heterocycles. The average molecular weight is 316 g/mol. The topological polar surface area (TPSA) is 59.2 Å². The largest absolute Gasteiger partial charge is 0.340 e. The van der Waals surface area contributed by atoms with Crippen LogP contribution in [0.15, 0.2) is 30.9 Å². The highest BCUT2D eigenvalue weighted by Crippen LogP contribution is 2.13. The SMILES string of the molecule is CC(C(=O)N1CCCN(Cc2nccn2C)CC1)n1cccn1. The van der Waals surface area contributed by atoms with Crippen molar-refractivity contribution < 1.29 is 4.79 Å². The summed E-state index contributed by atoms with van der Waals surface area (Å²) in [4.78, 5) is 21.4. The fraction of sp³-hybridized carbons (Fsp3) is 0.562. The number of aromatic nitrogens is 4. The maximum absolute atomic E-state index is 12.7.